The van der Waals surface area contributed by atoms with Crippen molar-refractivity contribution in [1.82, 2.24) is 0 Å². The molecule has 18 heavy (non-hydrogen) atoms. The van der Waals surface area contributed by atoms with E-state index in [1.807, 2.05) is 43.0 Å². The third kappa shape index (κ3) is 6.10. The second-order valence-corrected chi connectivity index (χ2v) is 5.97. The summed E-state index contributed by atoms with van der Waals surface area (Å²) in [6.45, 7) is 6.94. The van der Waals surface area contributed by atoms with Crippen LogP contribution in [0.2, 0.25) is 0 Å². The minimum absolute atomic E-state index is 0.219. The molecule has 2 nitrogen and oxygen atoms in total. The first-order valence-electron chi connectivity index (χ1n) is 6.41. The highest BCUT2D eigenvalue weighted by molar-refractivity contribution is 7.99. The molecule has 100 valence electrons. The highest BCUT2D eigenvalue weighted by atomic mass is 32.2. The molecule has 1 aromatic carbocycles. The second-order valence-electron chi connectivity index (χ2n) is 4.82. The van der Waals surface area contributed by atoms with Gasteiger partial charge >= 0.3 is 5.97 Å². The molecule has 1 aromatic rings. The first-order chi connectivity index (χ1) is 8.59. The zero-order valence-corrected chi connectivity index (χ0v) is 12.3. The number of thioether (sulfide) groups is 1. The summed E-state index contributed by atoms with van der Waals surface area (Å²) in [6, 6.07) is 7.47. The van der Waals surface area contributed by atoms with Crippen molar-refractivity contribution in [1.29, 1.82) is 0 Å². The fourth-order valence-corrected chi connectivity index (χ4v) is 2.38. The average Bonchev–Trinajstić information content (AvgIpc) is 2.34. The van der Waals surface area contributed by atoms with Crippen LogP contribution in [0, 0.1) is 12.8 Å². The largest absolute Gasteiger partial charge is 0.462 e. The van der Waals surface area contributed by atoms with Crippen LogP contribution >= 0.6 is 11.8 Å². The molecule has 0 amide bonds. The molecule has 3 heteroatoms. The number of benzene rings is 1. The summed E-state index contributed by atoms with van der Waals surface area (Å²) in [5, 5.41) is 0. The van der Waals surface area contributed by atoms with E-state index in [9.17, 15) is 4.79 Å². The number of carbonyl (C=O) groups excluding carboxylic acids is 1. The molecule has 0 saturated carbocycles. The number of carbonyl (C=O) groups is 1. The molecule has 0 fully saturated rings. The van der Waals surface area contributed by atoms with Crippen LogP contribution in [0.1, 0.15) is 36.2 Å². The molecule has 0 spiro atoms. The van der Waals surface area contributed by atoms with Crippen molar-refractivity contribution in [3.05, 3.63) is 35.4 Å². The summed E-state index contributed by atoms with van der Waals surface area (Å²) >= 11 is 1.92. The lowest BCUT2D eigenvalue weighted by molar-refractivity contribution is 0.0506. The van der Waals surface area contributed by atoms with E-state index in [2.05, 4.69) is 13.8 Å². The predicted octanol–water partition coefficient (Wildman–Crippen LogP) is 3.93. The highest BCUT2D eigenvalue weighted by Gasteiger charge is 2.05. The van der Waals surface area contributed by atoms with E-state index in [0.29, 0.717) is 12.2 Å². The molecule has 0 radical (unpaired) electrons. The van der Waals surface area contributed by atoms with Gasteiger partial charge in [-0.1, -0.05) is 31.5 Å². The third-order valence-electron chi connectivity index (χ3n) is 2.40. The number of ether oxygens (including phenoxy) is 1. The van der Waals surface area contributed by atoms with Gasteiger partial charge in [0.05, 0.1) is 12.2 Å². The fraction of sp³-hybridized carbons (Fsp3) is 0.533. The Kier molecular flexibility index (Phi) is 6.88. The van der Waals surface area contributed by atoms with E-state index in [4.69, 9.17) is 4.74 Å². The maximum absolute atomic E-state index is 11.7. The Morgan fingerprint density at radius 2 is 1.94 bits per heavy atom. The van der Waals surface area contributed by atoms with Crippen molar-refractivity contribution < 1.29 is 9.53 Å². The Morgan fingerprint density at radius 1 is 1.28 bits per heavy atom. The highest BCUT2D eigenvalue weighted by Crippen LogP contribution is 2.09. The van der Waals surface area contributed by atoms with E-state index < -0.39 is 0 Å². The Labute approximate surface area is 114 Å². The lowest BCUT2D eigenvalue weighted by atomic mass is 10.1. The van der Waals surface area contributed by atoms with Gasteiger partial charge in [0.1, 0.15) is 0 Å². The van der Waals surface area contributed by atoms with Crippen LogP contribution in [0.5, 0.6) is 0 Å². The molecule has 0 aliphatic carbocycles. The minimum Gasteiger partial charge on any atom is -0.462 e. The van der Waals surface area contributed by atoms with E-state index >= 15 is 0 Å². The normalized spacial score (nSPS) is 10.7. The standard InChI is InChI=1S/C15H22O2S/c1-12(2)11-18-10-4-9-17-15(16)14-7-5-13(3)6-8-14/h5-8,12H,4,9-11H2,1-3H3. The van der Waals surface area contributed by atoms with Crippen molar-refractivity contribution in [2.24, 2.45) is 5.92 Å². The van der Waals surface area contributed by atoms with Crippen LogP contribution in [0.25, 0.3) is 0 Å². The third-order valence-corrected chi connectivity index (χ3v) is 3.88. The molecule has 1 rings (SSSR count). The van der Waals surface area contributed by atoms with E-state index in [1.165, 1.54) is 5.75 Å². The van der Waals surface area contributed by atoms with Crippen molar-refractivity contribution in [2.75, 3.05) is 18.1 Å². The summed E-state index contributed by atoms with van der Waals surface area (Å²) in [4.78, 5) is 11.7. The fourth-order valence-electron chi connectivity index (χ4n) is 1.42. The summed E-state index contributed by atoms with van der Waals surface area (Å²) < 4.78 is 5.22. The number of aryl methyl sites for hydroxylation is 1. The maximum Gasteiger partial charge on any atom is 0.338 e. The Morgan fingerprint density at radius 3 is 2.56 bits per heavy atom. The van der Waals surface area contributed by atoms with Crippen molar-refractivity contribution >= 4 is 17.7 Å². The molecule has 0 heterocycles. The molecule has 0 atom stereocenters. The van der Waals surface area contributed by atoms with Crippen LogP contribution in [-0.4, -0.2) is 24.1 Å². The van der Waals surface area contributed by atoms with Crippen LogP contribution in [-0.2, 0) is 4.74 Å². The summed E-state index contributed by atoms with van der Waals surface area (Å²) in [6.07, 6.45) is 0.926. The van der Waals surface area contributed by atoms with Gasteiger partial charge in [-0.05, 0) is 42.9 Å². The lowest BCUT2D eigenvalue weighted by Gasteiger charge is -2.06. The SMILES string of the molecule is Cc1ccc(C(=O)OCCCSCC(C)C)cc1. The van der Waals surface area contributed by atoms with Gasteiger partial charge in [0.15, 0.2) is 0 Å². The van der Waals surface area contributed by atoms with Gasteiger partial charge in [-0.25, -0.2) is 4.79 Å². The first-order valence-corrected chi connectivity index (χ1v) is 7.56. The van der Waals surface area contributed by atoms with Crippen LogP contribution in [0.15, 0.2) is 24.3 Å². The van der Waals surface area contributed by atoms with Gasteiger partial charge in [0.25, 0.3) is 0 Å². The monoisotopic (exact) mass is 266 g/mol. The average molecular weight is 266 g/mol. The van der Waals surface area contributed by atoms with Gasteiger partial charge in [0.2, 0.25) is 0 Å². The van der Waals surface area contributed by atoms with E-state index in [1.54, 1.807) is 0 Å². The number of hydrogen-bond acceptors (Lipinski definition) is 3. The second kappa shape index (κ2) is 8.20. The van der Waals surface area contributed by atoms with Gasteiger partial charge in [-0.2, -0.15) is 11.8 Å². The van der Waals surface area contributed by atoms with Gasteiger partial charge in [-0.3, -0.25) is 0 Å². The summed E-state index contributed by atoms with van der Waals surface area (Å²) in [5.74, 6) is 2.74. The molecule has 0 aromatic heterocycles. The molecule has 0 saturated heterocycles. The molecule has 0 aliphatic rings. The number of rotatable bonds is 7. The number of hydrogen-bond donors (Lipinski definition) is 0. The molecular formula is C15H22O2S. The quantitative estimate of drug-likeness (QED) is 0.552. The van der Waals surface area contributed by atoms with Gasteiger partial charge in [-0.15, -0.1) is 0 Å². The van der Waals surface area contributed by atoms with Crippen molar-refractivity contribution in [2.45, 2.75) is 27.2 Å². The predicted molar refractivity (Wildman–Crippen MR) is 78.2 cm³/mol. The van der Waals surface area contributed by atoms with Crippen LogP contribution in [0.4, 0.5) is 0 Å². The topological polar surface area (TPSA) is 26.3 Å². The van der Waals surface area contributed by atoms with E-state index in [0.717, 1.165) is 23.7 Å². The minimum atomic E-state index is -0.219. The summed E-state index contributed by atoms with van der Waals surface area (Å²) in [7, 11) is 0. The molecular weight excluding hydrogens is 244 g/mol. The Bertz CT molecular complexity index is 357. The Hall–Kier alpha value is -0.960. The molecule has 0 aliphatic heterocycles. The van der Waals surface area contributed by atoms with Gasteiger partial charge in [0, 0.05) is 0 Å². The zero-order chi connectivity index (χ0) is 13.4. The lowest BCUT2D eigenvalue weighted by Crippen LogP contribution is -2.07. The first kappa shape index (κ1) is 15.1. The van der Waals surface area contributed by atoms with Crippen molar-refractivity contribution in [3.8, 4) is 0 Å². The number of esters is 1. The zero-order valence-electron chi connectivity index (χ0n) is 11.4. The Balaban J connectivity index is 2.16. The van der Waals surface area contributed by atoms with Gasteiger partial charge < -0.3 is 4.74 Å². The molecule has 0 bridgehead atoms. The van der Waals surface area contributed by atoms with Crippen LogP contribution < -0.4 is 0 Å². The van der Waals surface area contributed by atoms with E-state index in [-0.39, 0.29) is 5.97 Å². The molecule has 0 N–H and O–H groups in total. The summed E-state index contributed by atoms with van der Waals surface area (Å²) in [5.41, 5.74) is 1.78. The van der Waals surface area contributed by atoms with Crippen molar-refractivity contribution in [3.63, 3.8) is 0 Å². The molecule has 0 unspecified atom stereocenters. The van der Waals surface area contributed by atoms with Crippen LogP contribution in [0.3, 0.4) is 0 Å². The maximum atomic E-state index is 11.7. The smallest absolute Gasteiger partial charge is 0.338 e.